The van der Waals surface area contributed by atoms with Gasteiger partial charge in [-0.2, -0.15) is 0 Å². The number of hydrogen-bond acceptors (Lipinski definition) is 4. The second kappa shape index (κ2) is 14.3. The highest BCUT2D eigenvalue weighted by Gasteiger charge is 2.64. The number of benzene rings is 2. The van der Waals surface area contributed by atoms with Crippen LogP contribution < -0.4 is 0 Å². The molecule has 0 saturated heterocycles. The third-order valence-electron chi connectivity index (χ3n) is 7.45. The minimum Gasteiger partial charge on any atom is -0.481 e. The van der Waals surface area contributed by atoms with Crippen LogP contribution in [0.5, 0.6) is 0 Å². The minimum absolute atomic E-state index is 0.187. The average molecular weight is 536 g/mol. The van der Waals surface area contributed by atoms with Crippen molar-refractivity contribution in [3.63, 3.8) is 0 Å². The van der Waals surface area contributed by atoms with Crippen molar-refractivity contribution in [2.45, 2.75) is 45.6 Å². The number of carbonyl (C=O) groups is 4. The van der Waals surface area contributed by atoms with Crippen molar-refractivity contribution < 1.29 is 34.5 Å². The molecule has 3 atom stereocenters. The van der Waals surface area contributed by atoms with Crippen LogP contribution in [0.4, 0.5) is 0 Å². The zero-order chi connectivity index (χ0) is 28.4. The van der Waals surface area contributed by atoms with Gasteiger partial charge in [0.25, 0.3) is 0 Å². The van der Waals surface area contributed by atoms with Gasteiger partial charge in [0.2, 0.25) is 5.91 Å². The predicted molar refractivity (Wildman–Crippen MR) is 146 cm³/mol. The van der Waals surface area contributed by atoms with Crippen molar-refractivity contribution in [3.8, 4) is 0 Å². The SMILES string of the molecule is C[C@@H](/C=C/CCCN(Cc1ccccc1)C(=O)C1C(C(=O)O)C(C(=O)O)C1C(=O)O)CCCc1ccccc1. The molecule has 8 heteroatoms. The van der Waals surface area contributed by atoms with E-state index in [0.29, 0.717) is 25.3 Å². The number of nitrogens with zero attached hydrogens (tertiary/aromatic N) is 1. The summed E-state index contributed by atoms with van der Waals surface area (Å²) in [6, 6.07) is 19.5. The molecule has 2 unspecified atom stereocenters. The molecule has 0 heterocycles. The Hall–Kier alpha value is -3.94. The summed E-state index contributed by atoms with van der Waals surface area (Å²) in [7, 11) is 0. The Labute approximate surface area is 229 Å². The summed E-state index contributed by atoms with van der Waals surface area (Å²) in [5.74, 6) is -10.9. The molecule has 208 valence electrons. The van der Waals surface area contributed by atoms with Gasteiger partial charge in [-0.1, -0.05) is 79.7 Å². The second-order valence-corrected chi connectivity index (χ2v) is 10.3. The number of carbonyl (C=O) groups excluding carboxylic acids is 1. The first-order chi connectivity index (χ1) is 18.7. The molecular formula is C31H37NO7. The lowest BCUT2D eigenvalue weighted by atomic mass is 9.56. The highest BCUT2D eigenvalue weighted by atomic mass is 16.4. The quantitative estimate of drug-likeness (QED) is 0.222. The summed E-state index contributed by atoms with van der Waals surface area (Å²) in [6.07, 6.45) is 8.74. The molecule has 8 nitrogen and oxygen atoms in total. The van der Waals surface area contributed by atoms with E-state index in [1.807, 2.05) is 48.5 Å². The molecule has 0 aliphatic heterocycles. The highest BCUT2D eigenvalue weighted by Crippen LogP contribution is 2.48. The fourth-order valence-corrected chi connectivity index (χ4v) is 5.36. The van der Waals surface area contributed by atoms with E-state index < -0.39 is 47.5 Å². The van der Waals surface area contributed by atoms with Gasteiger partial charge in [0, 0.05) is 13.1 Å². The molecule has 0 spiro atoms. The van der Waals surface area contributed by atoms with E-state index in [9.17, 15) is 34.5 Å². The van der Waals surface area contributed by atoms with Crippen LogP contribution in [-0.4, -0.2) is 50.6 Å². The molecule has 2 aromatic rings. The molecule has 1 saturated carbocycles. The Morgan fingerprint density at radius 3 is 1.82 bits per heavy atom. The first-order valence-corrected chi connectivity index (χ1v) is 13.4. The maximum atomic E-state index is 13.5. The molecule has 1 aliphatic carbocycles. The molecule has 0 radical (unpaired) electrons. The number of carboxylic acids is 3. The van der Waals surface area contributed by atoms with Crippen molar-refractivity contribution in [1.29, 1.82) is 0 Å². The lowest BCUT2D eigenvalue weighted by Crippen LogP contribution is -2.62. The first kappa shape index (κ1) is 29.6. The van der Waals surface area contributed by atoms with Gasteiger partial charge in [0.1, 0.15) is 0 Å². The summed E-state index contributed by atoms with van der Waals surface area (Å²) in [5.41, 5.74) is 2.15. The van der Waals surface area contributed by atoms with Gasteiger partial charge in [-0.05, 0) is 49.1 Å². The number of rotatable bonds is 15. The molecule has 0 bridgehead atoms. The Kier molecular flexibility index (Phi) is 10.8. The number of allylic oxidation sites excluding steroid dienone is 2. The minimum atomic E-state index is -1.64. The fourth-order valence-electron chi connectivity index (χ4n) is 5.36. The van der Waals surface area contributed by atoms with Crippen molar-refractivity contribution in [2.75, 3.05) is 6.54 Å². The zero-order valence-electron chi connectivity index (χ0n) is 22.2. The number of aryl methyl sites for hydroxylation is 1. The van der Waals surface area contributed by atoms with Gasteiger partial charge < -0.3 is 20.2 Å². The zero-order valence-corrected chi connectivity index (χ0v) is 22.2. The van der Waals surface area contributed by atoms with Crippen LogP contribution in [0.25, 0.3) is 0 Å². The molecule has 2 aromatic carbocycles. The monoisotopic (exact) mass is 535 g/mol. The molecule has 3 rings (SSSR count). The van der Waals surface area contributed by atoms with Gasteiger partial charge >= 0.3 is 17.9 Å². The Morgan fingerprint density at radius 2 is 1.28 bits per heavy atom. The maximum Gasteiger partial charge on any atom is 0.308 e. The highest BCUT2D eigenvalue weighted by molar-refractivity contribution is 5.98. The molecule has 1 amide bonds. The Morgan fingerprint density at radius 1 is 0.769 bits per heavy atom. The lowest BCUT2D eigenvalue weighted by molar-refractivity contribution is -0.189. The van der Waals surface area contributed by atoms with Gasteiger partial charge in [0.05, 0.1) is 23.7 Å². The second-order valence-electron chi connectivity index (χ2n) is 10.3. The molecule has 1 fully saturated rings. The van der Waals surface area contributed by atoms with Crippen molar-refractivity contribution in [3.05, 3.63) is 83.9 Å². The van der Waals surface area contributed by atoms with Gasteiger partial charge in [-0.3, -0.25) is 19.2 Å². The number of carboxylic acid groups (broad SMARTS) is 3. The third-order valence-corrected chi connectivity index (χ3v) is 7.45. The van der Waals surface area contributed by atoms with Crippen LogP contribution >= 0.6 is 0 Å². The molecular weight excluding hydrogens is 498 g/mol. The van der Waals surface area contributed by atoms with Crippen molar-refractivity contribution in [1.82, 2.24) is 4.90 Å². The van der Waals surface area contributed by atoms with E-state index in [4.69, 9.17) is 0 Å². The largest absolute Gasteiger partial charge is 0.481 e. The van der Waals surface area contributed by atoms with Crippen molar-refractivity contribution >= 4 is 23.8 Å². The van der Waals surface area contributed by atoms with Crippen LogP contribution in [0, 0.1) is 29.6 Å². The van der Waals surface area contributed by atoms with E-state index in [-0.39, 0.29) is 6.54 Å². The van der Waals surface area contributed by atoms with Crippen molar-refractivity contribution in [2.24, 2.45) is 29.6 Å². The van der Waals surface area contributed by atoms with E-state index in [0.717, 1.165) is 24.8 Å². The number of aliphatic carboxylic acids is 3. The summed E-state index contributed by atoms with van der Waals surface area (Å²) < 4.78 is 0. The first-order valence-electron chi connectivity index (χ1n) is 13.4. The van der Waals surface area contributed by atoms with E-state index >= 15 is 0 Å². The summed E-state index contributed by atoms with van der Waals surface area (Å²) >= 11 is 0. The number of hydrogen-bond donors (Lipinski definition) is 3. The van der Waals surface area contributed by atoms with Crippen LogP contribution in [0.3, 0.4) is 0 Å². The van der Waals surface area contributed by atoms with E-state index in [2.05, 4.69) is 31.2 Å². The van der Waals surface area contributed by atoms with E-state index in [1.54, 1.807) is 0 Å². The third kappa shape index (κ3) is 8.02. The standard InChI is InChI=1S/C31H37NO7/c1-21(13-11-18-22-14-6-2-7-15-22)12-5-4-10-19-32(20-23-16-8-3-9-17-23)28(33)24-25(29(34)35)27(31(38)39)26(24)30(36)37/h2-3,5-9,12,14-17,21,24-27H,4,10-11,13,18-20H2,1H3,(H,34,35)(H,36,37)(H,38,39)/b12-5+/t21-,24?,25?,26?,27?/m0/s1. The summed E-state index contributed by atoms with van der Waals surface area (Å²) in [4.78, 5) is 50.3. The smallest absolute Gasteiger partial charge is 0.308 e. The average Bonchev–Trinajstić information content (AvgIpc) is 2.87. The molecule has 1 aliphatic rings. The normalized spacial score (nSPS) is 21.2. The van der Waals surface area contributed by atoms with E-state index in [1.165, 1.54) is 10.5 Å². The molecule has 0 aromatic heterocycles. The number of unbranched alkanes of at least 4 members (excludes halogenated alkanes) is 1. The molecule has 3 N–H and O–H groups in total. The Balaban J connectivity index is 1.61. The lowest BCUT2D eigenvalue weighted by Gasteiger charge is -2.45. The Bertz CT molecular complexity index is 1130. The summed E-state index contributed by atoms with van der Waals surface area (Å²) in [6.45, 7) is 2.65. The number of amides is 1. The van der Waals surface area contributed by atoms with Crippen LogP contribution in [0.15, 0.2) is 72.8 Å². The topological polar surface area (TPSA) is 132 Å². The fraction of sp³-hybridized carbons (Fsp3) is 0.419. The summed E-state index contributed by atoms with van der Waals surface area (Å²) in [5, 5.41) is 28.7. The van der Waals surface area contributed by atoms with Gasteiger partial charge in [-0.15, -0.1) is 0 Å². The van der Waals surface area contributed by atoms with Gasteiger partial charge in [0.15, 0.2) is 0 Å². The maximum absolute atomic E-state index is 13.5. The van der Waals surface area contributed by atoms with Crippen LogP contribution in [-0.2, 0) is 32.1 Å². The van der Waals surface area contributed by atoms with Crippen LogP contribution in [0.2, 0.25) is 0 Å². The van der Waals surface area contributed by atoms with Crippen LogP contribution in [0.1, 0.15) is 43.7 Å². The molecule has 39 heavy (non-hydrogen) atoms. The van der Waals surface area contributed by atoms with Gasteiger partial charge in [-0.25, -0.2) is 0 Å². The predicted octanol–water partition coefficient (Wildman–Crippen LogP) is 4.74.